The smallest absolute Gasteiger partial charge is 0.249 e. The van der Waals surface area contributed by atoms with Gasteiger partial charge in [-0.3, -0.25) is 0 Å². The Kier molecular flexibility index (Phi) is 5.09. The van der Waals surface area contributed by atoms with E-state index in [9.17, 15) is 0 Å². The van der Waals surface area contributed by atoms with Gasteiger partial charge in [0.2, 0.25) is 8.32 Å². The Bertz CT molecular complexity index is 258. The fraction of sp³-hybridized carbons (Fsp3) is 0.750. The molecule has 15 heavy (non-hydrogen) atoms. The fourth-order valence-electron chi connectivity index (χ4n) is 0.707. The lowest BCUT2D eigenvalue weighted by Gasteiger charge is -2.35. The Morgan fingerprint density at radius 2 is 1.93 bits per heavy atom. The van der Waals surface area contributed by atoms with Gasteiger partial charge in [0.05, 0.1) is 12.3 Å². The molecule has 86 valence electrons. The summed E-state index contributed by atoms with van der Waals surface area (Å²) in [7, 11) is -1.66. The molecule has 0 bridgehead atoms. The van der Waals surface area contributed by atoms with Crippen molar-refractivity contribution in [2.75, 3.05) is 0 Å². The quantitative estimate of drug-likeness (QED) is 0.533. The molecule has 1 unspecified atom stereocenters. The molecule has 0 aromatic rings. The molecule has 0 saturated heterocycles. The lowest BCUT2D eigenvalue weighted by Crippen LogP contribution is -2.39. The molecule has 0 radical (unpaired) electrons. The molecule has 3 heteroatoms. The van der Waals surface area contributed by atoms with E-state index in [1.807, 2.05) is 13.0 Å². The van der Waals surface area contributed by atoms with Gasteiger partial charge in [-0.05, 0) is 31.5 Å². The summed E-state index contributed by atoms with van der Waals surface area (Å²) < 4.78 is 5.84. The van der Waals surface area contributed by atoms with Crippen LogP contribution >= 0.6 is 0 Å². The zero-order valence-electron chi connectivity index (χ0n) is 10.8. The molecule has 0 amide bonds. The lowest BCUT2D eigenvalue weighted by molar-refractivity contribution is 0.427. The van der Waals surface area contributed by atoms with E-state index in [1.165, 1.54) is 0 Å². The molecule has 2 nitrogen and oxygen atoms in total. The van der Waals surface area contributed by atoms with Crippen LogP contribution in [-0.2, 0) is 4.43 Å². The standard InChI is InChI=1S/C12H23NOSi/c1-11(10-13)8-7-9-14-15(5,6)12(2,3)4/h7,9,11H,8H2,1-6H3/b9-7-. The van der Waals surface area contributed by atoms with Crippen LogP contribution in [-0.4, -0.2) is 8.32 Å². The summed E-state index contributed by atoms with van der Waals surface area (Å²) in [5.41, 5.74) is 0. The summed E-state index contributed by atoms with van der Waals surface area (Å²) in [4.78, 5) is 0. The zero-order chi connectivity index (χ0) is 12.1. The van der Waals surface area contributed by atoms with E-state index >= 15 is 0 Å². The van der Waals surface area contributed by atoms with Gasteiger partial charge in [0.1, 0.15) is 0 Å². The molecule has 0 aliphatic heterocycles. The summed E-state index contributed by atoms with van der Waals surface area (Å²) in [6.07, 6.45) is 4.50. The maximum Gasteiger partial charge on any atom is 0.249 e. The highest BCUT2D eigenvalue weighted by molar-refractivity contribution is 6.74. The van der Waals surface area contributed by atoms with Gasteiger partial charge in [-0.1, -0.05) is 26.8 Å². The van der Waals surface area contributed by atoms with Gasteiger partial charge in [0.25, 0.3) is 0 Å². The van der Waals surface area contributed by atoms with Crippen LogP contribution in [0.25, 0.3) is 0 Å². The van der Waals surface area contributed by atoms with Crippen LogP contribution in [0.4, 0.5) is 0 Å². The van der Waals surface area contributed by atoms with Crippen LogP contribution in [0.5, 0.6) is 0 Å². The molecular formula is C12H23NOSi. The Labute approximate surface area is 95.1 Å². The second-order valence-electron chi connectivity index (χ2n) is 5.52. The van der Waals surface area contributed by atoms with Crippen molar-refractivity contribution in [3.63, 3.8) is 0 Å². The zero-order valence-corrected chi connectivity index (χ0v) is 11.8. The molecule has 0 saturated carbocycles. The molecule has 0 aliphatic rings. The van der Waals surface area contributed by atoms with Crippen LogP contribution in [0.15, 0.2) is 12.3 Å². The van der Waals surface area contributed by atoms with Crippen LogP contribution in [0, 0.1) is 17.2 Å². The van der Waals surface area contributed by atoms with E-state index in [-0.39, 0.29) is 11.0 Å². The normalized spacial score (nSPS) is 15.0. The minimum absolute atomic E-state index is 0.0734. The minimum Gasteiger partial charge on any atom is -0.549 e. The molecule has 0 aliphatic carbocycles. The summed E-state index contributed by atoms with van der Waals surface area (Å²) in [5.74, 6) is 0.0734. The summed E-state index contributed by atoms with van der Waals surface area (Å²) in [6.45, 7) is 13.0. The maximum atomic E-state index is 8.61. The molecule has 0 aromatic heterocycles. The first-order chi connectivity index (χ1) is 6.70. The second kappa shape index (κ2) is 5.36. The average Bonchev–Trinajstić information content (AvgIpc) is 2.10. The molecule has 0 heterocycles. The third kappa shape index (κ3) is 5.03. The number of rotatable bonds is 4. The second-order valence-corrected chi connectivity index (χ2v) is 10.3. The van der Waals surface area contributed by atoms with Crippen molar-refractivity contribution in [2.45, 2.75) is 52.2 Å². The summed E-state index contributed by atoms with van der Waals surface area (Å²) >= 11 is 0. The molecular weight excluding hydrogens is 202 g/mol. The van der Waals surface area contributed by atoms with E-state index in [0.717, 1.165) is 6.42 Å². The van der Waals surface area contributed by atoms with Gasteiger partial charge in [0, 0.05) is 5.92 Å². The number of hydrogen-bond donors (Lipinski definition) is 0. The van der Waals surface area contributed by atoms with E-state index < -0.39 is 8.32 Å². The van der Waals surface area contributed by atoms with E-state index in [2.05, 4.69) is 39.9 Å². The first-order valence-electron chi connectivity index (χ1n) is 5.43. The highest BCUT2D eigenvalue weighted by Gasteiger charge is 2.37. The first kappa shape index (κ1) is 14.2. The first-order valence-corrected chi connectivity index (χ1v) is 8.34. The molecule has 0 fully saturated rings. The van der Waals surface area contributed by atoms with Crippen molar-refractivity contribution >= 4 is 8.32 Å². The van der Waals surface area contributed by atoms with Crippen molar-refractivity contribution in [1.29, 1.82) is 5.26 Å². The third-order valence-electron chi connectivity index (χ3n) is 2.98. The van der Waals surface area contributed by atoms with Gasteiger partial charge in [-0.2, -0.15) is 5.26 Å². The van der Waals surface area contributed by atoms with Crippen molar-refractivity contribution in [1.82, 2.24) is 0 Å². The van der Waals surface area contributed by atoms with Crippen molar-refractivity contribution in [3.8, 4) is 6.07 Å². The van der Waals surface area contributed by atoms with Crippen molar-refractivity contribution in [2.24, 2.45) is 5.92 Å². The topological polar surface area (TPSA) is 33.0 Å². The number of nitriles is 1. The molecule has 0 rings (SSSR count). The van der Waals surface area contributed by atoms with E-state index in [1.54, 1.807) is 6.26 Å². The van der Waals surface area contributed by atoms with Gasteiger partial charge < -0.3 is 4.43 Å². The minimum atomic E-state index is -1.66. The molecule has 1 atom stereocenters. The van der Waals surface area contributed by atoms with Gasteiger partial charge >= 0.3 is 0 Å². The fourth-order valence-corrected chi connectivity index (χ4v) is 1.50. The van der Waals surface area contributed by atoms with Crippen molar-refractivity contribution < 1.29 is 4.43 Å². The Morgan fingerprint density at radius 1 is 1.40 bits per heavy atom. The maximum absolute atomic E-state index is 8.61. The van der Waals surface area contributed by atoms with Gasteiger partial charge in [-0.15, -0.1) is 0 Å². The average molecular weight is 225 g/mol. The largest absolute Gasteiger partial charge is 0.549 e. The van der Waals surface area contributed by atoms with E-state index in [0.29, 0.717) is 0 Å². The lowest BCUT2D eigenvalue weighted by atomic mass is 10.1. The number of allylic oxidation sites excluding steroid dienone is 1. The van der Waals surface area contributed by atoms with Crippen LogP contribution < -0.4 is 0 Å². The monoisotopic (exact) mass is 225 g/mol. The Morgan fingerprint density at radius 3 is 2.33 bits per heavy atom. The highest BCUT2D eigenvalue weighted by atomic mass is 28.4. The molecule has 0 spiro atoms. The van der Waals surface area contributed by atoms with Crippen LogP contribution in [0.2, 0.25) is 18.1 Å². The molecule has 0 N–H and O–H groups in total. The van der Waals surface area contributed by atoms with Crippen LogP contribution in [0.3, 0.4) is 0 Å². The Balaban J connectivity index is 4.12. The summed E-state index contributed by atoms with van der Waals surface area (Å²) in [6, 6.07) is 2.20. The number of nitrogens with zero attached hydrogens (tertiary/aromatic N) is 1. The Hall–Kier alpha value is -0.753. The summed E-state index contributed by atoms with van der Waals surface area (Å²) in [5, 5.41) is 8.84. The van der Waals surface area contributed by atoms with Crippen LogP contribution in [0.1, 0.15) is 34.1 Å². The predicted molar refractivity (Wildman–Crippen MR) is 66.8 cm³/mol. The van der Waals surface area contributed by atoms with Gasteiger partial charge in [-0.25, -0.2) is 0 Å². The SMILES string of the molecule is CC(C#N)C/C=C\O[Si](C)(C)C(C)(C)C. The third-order valence-corrected chi connectivity index (χ3v) is 7.31. The highest BCUT2D eigenvalue weighted by Crippen LogP contribution is 2.36. The van der Waals surface area contributed by atoms with Crippen molar-refractivity contribution in [3.05, 3.63) is 12.3 Å². The van der Waals surface area contributed by atoms with Gasteiger partial charge in [0.15, 0.2) is 0 Å². The predicted octanol–water partition coefficient (Wildman–Crippen LogP) is 4.07. The molecule has 0 aromatic carbocycles. The number of hydrogen-bond acceptors (Lipinski definition) is 2. The van der Waals surface area contributed by atoms with E-state index in [4.69, 9.17) is 9.69 Å².